The van der Waals surface area contributed by atoms with E-state index in [1.54, 1.807) is 0 Å². The Morgan fingerprint density at radius 3 is 2.19 bits per heavy atom. The predicted molar refractivity (Wildman–Crippen MR) is 94.5 cm³/mol. The molecule has 0 radical (unpaired) electrons. The van der Waals surface area contributed by atoms with Crippen molar-refractivity contribution in [3.05, 3.63) is 46.9 Å². The number of hydrogen-bond donors (Lipinski definition) is 0. The number of halogens is 1. The van der Waals surface area contributed by atoms with E-state index in [4.69, 9.17) is 18.6 Å². The van der Waals surface area contributed by atoms with Crippen LogP contribution in [0.4, 0.5) is 0 Å². The van der Waals surface area contributed by atoms with Crippen molar-refractivity contribution in [1.82, 2.24) is 0 Å². The van der Waals surface area contributed by atoms with Gasteiger partial charge in [0.2, 0.25) is 17.3 Å². The fourth-order valence-corrected chi connectivity index (χ4v) is 3.16. The van der Waals surface area contributed by atoms with Gasteiger partial charge in [-0.25, -0.2) is 0 Å². The first-order valence-electron chi connectivity index (χ1n) is 7.35. The molecule has 7 nitrogen and oxygen atoms in total. The maximum atomic E-state index is 13.0. The van der Waals surface area contributed by atoms with Gasteiger partial charge < -0.3 is 18.6 Å². The lowest BCUT2D eigenvalue weighted by atomic mass is 9.93. The second-order valence-corrected chi connectivity index (χ2v) is 6.14. The molecule has 8 heteroatoms. The quantitative estimate of drug-likeness (QED) is 0.541. The largest absolute Gasteiger partial charge is 0.493 e. The Labute approximate surface area is 156 Å². The Hall–Kier alpha value is -2.87. The van der Waals surface area contributed by atoms with Gasteiger partial charge in [-0.2, -0.15) is 0 Å². The van der Waals surface area contributed by atoms with E-state index >= 15 is 0 Å². The van der Waals surface area contributed by atoms with Crippen molar-refractivity contribution >= 4 is 37.8 Å². The lowest BCUT2D eigenvalue weighted by Crippen LogP contribution is -2.19. The molecule has 2 aromatic rings. The lowest BCUT2D eigenvalue weighted by Gasteiger charge is -2.14. The molecule has 134 valence electrons. The highest BCUT2D eigenvalue weighted by Crippen LogP contribution is 2.40. The second-order valence-electron chi connectivity index (χ2n) is 5.28. The second kappa shape index (κ2) is 6.80. The Morgan fingerprint density at radius 2 is 1.65 bits per heavy atom. The number of methoxy groups -OCH3 is 3. The van der Waals surface area contributed by atoms with Gasteiger partial charge in [0.1, 0.15) is 6.26 Å². The summed E-state index contributed by atoms with van der Waals surface area (Å²) >= 11 is 3.16. The molecule has 0 atom stereocenters. The van der Waals surface area contributed by atoms with E-state index in [0.717, 1.165) is 12.3 Å². The van der Waals surface area contributed by atoms with Crippen LogP contribution in [0.15, 0.2) is 28.9 Å². The third-order valence-corrected chi connectivity index (χ3v) is 4.48. The first-order chi connectivity index (χ1) is 12.4. The summed E-state index contributed by atoms with van der Waals surface area (Å²) in [6, 6.07) is 2.92. The summed E-state index contributed by atoms with van der Waals surface area (Å²) in [6.45, 7) is 0. The molecular formula is C18H13BrO7. The van der Waals surface area contributed by atoms with Crippen molar-refractivity contribution in [2.24, 2.45) is 0 Å². The van der Waals surface area contributed by atoms with Crippen LogP contribution in [0.2, 0.25) is 0 Å². The van der Waals surface area contributed by atoms with E-state index in [2.05, 4.69) is 15.9 Å². The molecular weight excluding hydrogens is 408 g/mol. The van der Waals surface area contributed by atoms with Crippen LogP contribution >= 0.6 is 15.9 Å². The number of hydrogen-bond acceptors (Lipinski definition) is 7. The van der Waals surface area contributed by atoms with Crippen LogP contribution < -0.4 is 14.2 Å². The summed E-state index contributed by atoms with van der Waals surface area (Å²) in [4.78, 5) is 37.0. The van der Waals surface area contributed by atoms with Gasteiger partial charge in [0.25, 0.3) is 0 Å². The standard InChI is InChI=1S/C18H13BrO7/c1-23-12-4-8(5-13(24-2)18(12)25-3)15(21)9-7-26-17-10(19)6-11(20)16(22)14(9)17/h4-7H,1-3H3. The highest BCUT2D eigenvalue weighted by molar-refractivity contribution is 9.15. The molecule has 0 amide bonds. The number of allylic oxidation sites excluding steroid dienone is 1. The SMILES string of the molecule is COc1cc(C(=O)c2coc3c2C(=O)C(=O)C=C3Br)cc(OC)c1OC. The molecule has 0 N–H and O–H groups in total. The average molecular weight is 421 g/mol. The van der Waals surface area contributed by atoms with E-state index < -0.39 is 17.3 Å². The number of ether oxygens (including phenoxy) is 3. The summed E-state index contributed by atoms with van der Waals surface area (Å²) in [5, 5.41) is 0. The Kier molecular flexibility index (Phi) is 4.69. The molecule has 0 unspecified atom stereocenters. The molecule has 0 aliphatic heterocycles. The molecule has 26 heavy (non-hydrogen) atoms. The minimum absolute atomic E-state index is 0.0160. The van der Waals surface area contributed by atoms with Crippen molar-refractivity contribution < 1.29 is 33.0 Å². The third kappa shape index (κ3) is 2.72. The first kappa shape index (κ1) is 17.9. The van der Waals surface area contributed by atoms with Crippen LogP contribution in [0.1, 0.15) is 32.0 Å². The molecule has 1 aliphatic rings. The zero-order valence-electron chi connectivity index (χ0n) is 14.0. The fourth-order valence-electron chi connectivity index (χ4n) is 2.66. The summed E-state index contributed by atoms with van der Waals surface area (Å²) in [7, 11) is 4.30. The predicted octanol–water partition coefficient (Wildman–Crippen LogP) is 3.04. The van der Waals surface area contributed by atoms with E-state index in [1.807, 2.05) is 0 Å². The molecule has 0 spiro atoms. The van der Waals surface area contributed by atoms with Crippen LogP contribution in [0.25, 0.3) is 4.48 Å². The van der Waals surface area contributed by atoms with Crippen molar-refractivity contribution in [2.75, 3.05) is 21.3 Å². The zero-order valence-corrected chi connectivity index (χ0v) is 15.6. The van der Waals surface area contributed by atoms with Gasteiger partial charge in [0.15, 0.2) is 23.0 Å². The number of Topliss-reactive ketones (excluding diaryl/α,β-unsaturated/α-hetero) is 1. The molecule has 1 aromatic carbocycles. The number of carbonyl (C=O) groups excluding carboxylic acids is 3. The van der Waals surface area contributed by atoms with E-state index in [0.29, 0.717) is 10.2 Å². The van der Waals surface area contributed by atoms with Gasteiger partial charge >= 0.3 is 0 Å². The molecule has 3 rings (SSSR count). The molecule has 1 aliphatic carbocycles. The van der Waals surface area contributed by atoms with Gasteiger partial charge in [-0.1, -0.05) is 0 Å². The number of rotatable bonds is 5. The normalized spacial score (nSPS) is 13.2. The summed E-state index contributed by atoms with van der Waals surface area (Å²) < 4.78 is 21.3. The molecule has 0 fully saturated rings. The molecule has 0 saturated heterocycles. The first-order valence-corrected chi connectivity index (χ1v) is 8.14. The van der Waals surface area contributed by atoms with Gasteiger partial charge in [0.05, 0.1) is 36.9 Å². The van der Waals surface area contributed by atoms with Crippen molar-refractivity contribution in [2.45, 2.75) is 0 Å². The summed E-state index contributed by atoms with van der Waals surface area (Å²) in [5.41, 5.74) is 0.106. The van der Waals surface area contributed by atoms with Crippen LogP contribution in [0.5, 0.6) is 17.2 Å². The fraction of sp³-hybridized carbons (Fsp3) is 0.167. The Balaban J connectivity index is 2.14. The van der Waals surface area contributed by atoms with Gasteiger partial charge in [-0.05, 0) is 28.1 Å². The van der Waals surface area contributed by atoms with Crippen LogP contribution in [0.3, 0.4) is 0 Å². The summed E-state index contributed by atoms with van der Waals surface area (Å²) in [6.07, 6.45) is 2.27. The van der Waals surface area contributed by atoms with Crippen molar-refractivity contribution in [3.63, 3.8) is 0 Å². The number of carbonyl (C=O) groups is 3. The number of ketones is 3. The number of benzene rings is 1. The minimum atomic E-state index is -0.798. The highest BCUT2D eigenvalue weighted by atomic mass is 79.9. The number of furan rings is 1. The third-order valence-electron chi connectivity index (χ3n) is 3.89. The smallest absolute Gasteiger partial charge is 0.237 e. The lowest BCUT2D eigenvalue weighted by molar-refractivity contribution is -0.111. The molecule has 1 heterocycles. The Morgan fingerprint density at radius 1 is 1.04 bits per heavy atom. The molecule has 1 aromatic heterocycles. The zero-order chi connectivity index (χ0) is 19.0. The van der Waals surface area contributed by atoms with E-state index in [1.165, 1.54) is 33.5 Å². The Bertz CT molecular complexity index is 943. The minimum Gasteiger partial charge on any atom is -0.493 e. The van der Waals surface area contributed by atoms with Crippen molar-refractivity contribution in [1.29, 1.82) is 0 Å². The van der Waals surface area contributed by atoms with Crippen molar-refractivity contribution in [3.8, 4) is 17.2 Å². The topological polar surface area (TPSA) is 92.0 Å². The van der Waals surface area contributed by atoms with Gasteiger partial charge in [-0.15, -0.1) is 0 Å². The number of fused-ring (bicyclic) bond motifs is 1. The van der Waals surface area contributed by atoms with Gasteiger partial charge in [0, 0.05) is 11.6 Å². The van der Waals surface area contributed by atoms with Crippen LogP contribution in [-0.2, 0) is 4.79 Å². The van der Waals surface area contributed by atoms with E-state index in [-0.39, 0.29) is 33.9 Å². The van der Waals surface area contributed by atoms with Crippen LogP contribution in [-0.4, -0.2) is 38.7 Å². The maximum Gasteiger partial charge on any atom is 0.237 e. The molecule has 0 bridgehead atoms. The van der Waals surface area contributed by atoms with Crippen LogP contribution in [0, 0.1) is 0 Å². The molecule has 0 saturated carbocycles. The maximum absolute atomic E-state index is 13.0. The average Bonchev–Trinajstić information content (AvgIpc) is 3.10. The summed E-state index contributed by atoms with van der Waals surface area (Å²) in [5.74, 6) is -0.995. The van der Waals surface area contributed by atoms with Gasteiger partial charge in [-0.3, -0.25) is 14.4 Å². The van der Waals surface area contributed by atoms with E-state index in [9.17, 15) is 14.4 Å². The monoisotopic (exact) mass is 420 g/mol. The highest BCUT2D eigenvalue weighted by Gasteiger charge is 2.34.